The van der Waals surface area contributed by atoms with Crippen molar-refractivity contribution in [2.24, 2.45) is 0 Å². The molecule has 0 unspecified atom stereocenters. The van der Waals surface area contributed by atoms with Crippen molar-refractivity contribution in [2.75, 3.05) is 0 Å². The molecule has 0 bridgehead atoms. The van der Waals surface area contributed by atoms with Gasteiger partial charge in [-0.05, 0) is 12.1 Å². The fraction of sp³-hybridized carbons (Fsp3) is 0.250. The molecule has 2 aromatic rings. The summed E-state index contributed by atoms with van der Waals surface area (Å²) in [6.45, 7) is 0.723. The Kier molecular flexibility index (Phi) is 1.82. The Morgan fingerprint density at radius 3 is 3.00 bits per heavy atom. The molecule has 1 aromatic carbocycles. The van der Waals surface area contributed by atoms with E-state index in [0.717, 1.165) is 17.6 Å². The standard InChI is InChI=1S/C8H8BN3/c9-5-6-12-8-4-2-1-3-7(8)10-11-12/h1-4H,5-6H2. The third kappa shape index (κ3) is 1.09. The van der Waals surface area contributed by atoms with Crippen LogP contribution in [0.3, 0.4) is 0 Å². The zero-order valence-electron chi connectivity index (χ0n) is 6.64. The van der Waals surface area contributed by atoms with E-state index in [-0.39, 0.29) is 0 Å². The summed E-state index contributed by atoms with van der Waals surface area (Å²) in [6, 6.07) is 7.85. The second kappa shape index (κ2) is 2.97. The van der Waals surface area contributed by atoms with E-state index in [4.69, 9.17) is 7.85 Å². The molecule has 0 saturated heterocycles. The van der Waals surface area contributed by atoms with Crippen LogP contribution in [0.4, 0.5) is 0 Å². The Hall–Kier alpha value is -1.32. The van der Waals surface area contributed by atoms with Gasteiger partial charge in [-0.3, -0.25) is 0 Å². The molecular weight excluding hydrogens is 149 g/mol. The average Bonchev–Trinajstić information content (AvgIpc) is 2.50. The number of rotatable bonds is 2. The lowest BCUT2D eigenvalue weighted by atomic mass is 10.1. The van der Waals surface area contributed by atoms with E-state index in [1.165, 1.54) is 0 Å². The quantitative estimate of drug-likeness (QED) is 0.609. The molecule has 0 amide bonds. The van der Waals surface area contributed by atoms with Gasteiger partial charge in [0.15, 0.2) is 0 Å². The fourth-order valence-electron chi connectivity index (χ4n) is 1.20. The topological polar surface area (TPSA) is 30.7 Å². The van der Waals surface area contributed by atoms with Crippen LogP contribution in [0, 0.1) is 0 Å². The van der Waals surface area contributed by atoms with E-state index in [9.17, 15) is 0 Å². The summed E-state index contributed by atoms with van der Waals surface area (Å²) in [4.78, 5) is 0. The number of aryl methyl sites for hydroxylation is 1. The lowest BCUT2D eigenvalue weighted by molar-refractivity contribution is 0.646. The number of para-hydroxylation sites is 1. The molecule has 0 aliphatic carbocycles. The normalized spacial score (nSPS) is 10.7. The number of fused-ring (bicyclic) bond motifs is 1. The van der Waals surface area contributed by atoms with Crippen LogP contribution in [-0.2, 0) is 6.54 Å². The van der Waals surface area contributed by atoms with E-state index in [2.05, 4.69) is 10.3 Å². The van der Waals surface area contributed by atoms with Crippen molar-refractivity contribution < 1.29 is 0 Å². The van der Waals surface area contributed by atoms with Gasteiger partial charge >= 0.3 is 0 Å². The molecule has 0 aliphatic rings. The van der Waals surface area contributed by atoms with Crippen LogP contribution in [0.2, 0.25) is 6.32 Å². The predicted molar refractivity (Wildman–Crippen MR) is 48.1 cm³/mol. The molecule has 0 aliphatic heterocycles. The SMILES string of the molecule is [B]CCn1nnc2ccccc21. The van der Waals surface area contributed by atoms with Crippen LogP contribution in [-0.4, -0.2) is 22.8 Å². The van der Waals surface area contributed by atoms with Gasteiger partial charge in [-0.2, -0.15) is 0 Å². The van der Waals surface area contributed by atoms with Gasteiger partial charge in [-0.15, -0.1) is 5.10 Å². The van der Waals surface area contributed by atoms with Crippen molar-refractivity contribution >= 4 is 18.9 Å². The van der Waals surface area contributed by atoms with E-state index in [1.807, 2.05) is 28.9 Å². The molecule has 12 heavy (non-hydrogen) atoms. The number of benzene rings is 1. The van der Waals surface area contributed by atoms with Crippen LogP contribution >= 0.6 is 0 Å². The van der Waals surface area contributed by atoms with Gasteiger partial charge in [0.05, 0.1) is 13.4 Å². The predicted octanol–water partition coefficient (Wildman–Crippen LogP) is 1.02. The van der Waals surface area contributed by atoms with Crippen molar-refractivity contribution in [3.8, 4) is 0 Å². The summed E-state index contributed by atoms with van der Waals surface area (Å²) >= 11 is 0. The highest BCUT2D eigenvalue weighted by atomic mass is 15.4. The molecule has 0 fully saturated rings. The summed E-state index contributed by atoms with van der Waals surface area (Å²) in [5.74, 6) is 0. The number of nitrogens with zero attached hydrogens (tertiary/aromatic N) is 3. The first-order valence-electron chi connectivity index (χ1n) is 3.90. The zero-order chi connectivity index (χ0) is 8.39. The molecule has 0 atom stereocenters. The highest BCUT2D eigenvalue weighted by molar-refractivity contribution is 6.08. The summed E-state index contributed by atoms with van der Waals surface area (Å²) in [5.41, 5.74) is 1.97. The highest BCUT2D eigenvalue weighted by Gasteiger charge is 2.00. The van der Waals surface area contributed by atoms with Crippen molar-refractivity contribution in [3.63, 3.8) is 0 Å². The van der Waals surface area contributed by atoms with Crippen LogP contribution in [0.5, 0.6) is 0 Å². The molecule has 58 valence electrons. The smallest absolute Gasteiger partial charge is 0.113 e. The zero-order valence-corrected chi connectivity index (χ0v) is 6.64. The molecule has 2 rings (SSSR count). The van der Waals surface area contributed by atoms with Gasteiger partial charge in [-0.25, -0.2) is 4.68 Å². The van der Waals surface area contributed by atoms with Crippen LogP contribution in [0.15, 0.2) is 24.3 Å². The summed E-state index contributed by atoms with van der Waals surface area (Å²) in [5, 5.41) is 7.97. The third-order valence-electron chi connectivity index (χ3n) is 1.76. The summed E-state index contributed by atoms with van der Waals surface area (Å²) < 4.78 is 1.81. The van der Waals surface area contributed by atoms with Gasteiger partial charge in [0.1, 0.15) is 5.52 Å². The number of aromatic nitrogens is 3. The fourth-order valence-corrected chi connectivity index (χ4v) is 1.20. The van der Waals surface area contributed by atoms with E-state index in [1.54, 1.807) is 0 Å². The molecule has 1 heterocycles. The minimum Gasteiger partial charge on any atom is -0.245 e. The Balaban J connectivity index is 2.55. The Labute approximate surface area is 71.8 Å². The van der Waals surface area contributed by atoms with E-state index in [0.29, 0.717) is 6.32 Å². The molecule has 0 saturated carbocycles. The first-order valence-corrected chi connectivity index (χ1v) is 3.90. The number of hydrogen-bond donors (Lipinski definition) is 0. The number of hydrogen-bond acceptors (Lipinski definition) is 2. The molecule has 3 nitrogen and oxygen atoms in total. The second-order valence-corrected chi connectivity index (χ2v) is 2.59. The van der Waals surface area contributed by atoms with Crippen LogP contribution in [0.25, 0.3) is 11.0 Å². The maximum Gasteiger partial charge on any atom is 0.113 e. The maximum absolute atomic E-state index is 5.42. The molecule has 4 heteroatoms. The van der Waals surface area contributed by atoms with Crippen LogP contribution < -0.4 is 0 Å². The highest BCUT2D eigenvalue weighted by Crippen LogP contribution is 2.09. The van der Waals surface area contributed by atoms with Crippen molar-refractivity contribution in [3.05, 3.63) is 24.3 Å². The Bertz CT molecular complexity index is 382. The van der Waals surface area contributed by atoms with Crippen LogP contribution in [0.1, 0.15) is 0 Å². The van der Waals surface area contributed by atoms with Gasteiger partial charge in [-0.1, -0.05) is 23.7 Å². The summed E-state index contributed by atoms with van der Waals surface area (Å²) in [6.07, 6.45) is 0.591. The molecule has 0 N–H and O–H groups in total. The molecule has 0 spiro atoms. The van der Waals surface area contributed by atoms with E-state index < -0.39 is 0 Å². The maximum atomic E-state index is 5.42. The monoisotopic (exact) mass is 157 g/mol. The third-order valence-corrected chi connectivity index (χ3v) is 1.76. The second-order valence-electron chi connectivity index (χ2n) is 2.59. The van der Waals surface area contributed by atoms with Gasteiger partial charge in [0.2, 0.25) is 0 Å². The minimum atomic E-state index is 0.591. The van der Waals surface area contributed by atoms with Gasteiger partial charge in [0.25, 0.3) is 0 Å². The first-order chi connectivity index (χ1) is 5.92. The van der Waals surface area contributed by atoms with E-state index >= 15 is 0 Å². The molecule has 1 aromatic heterocycles. The Morgan fingerprint density at radius 1 is 1.33 bits per heavy atom. The van der Waals surface area contributed by atoms with Gasteiger partial charge in [0, 0.05) is 6.54 Å². The lowest BCUT2D eigenvalue weighted by Gasteiger charge is -1.96. The molecule has 2 radical (unpaired) electrons. The van der Waals surface area contributed by atoms with Crippen molar-refractivity contribution in [1.82, 2.24) is 15.0 Å². The van der Waals surface area contributed by atoms with Crippen molar-refractivity contribution in [2.45, 2.75) is 12.9 Å². The minimum absolute atomic E-state index is 0.591. The van der Waals surface area contributed by atoms with Crippen molar-refractivity contribution in [1.29, 1.82) is 0 Å². The lowest BCUT2D eigenvalue weighted by Crippen LogP contribution is -1.98. The van der Waals surface area contributed by atoms with Gasteiger partial charge < -0.3 is 0 Å². The first kappa shape index (κ1) is 7.34. The Morgan fingerprint density at radius 2 is 2.17 bits per heavy atom. The average molecular weight is 157 g/mol. The largest absolute Gasteiger partial charge is 0.245 e. The summed E-state index contributed by atoms with van der Waals surface area (Å²) in [7, 11) is 5.42. The molecular formula is C8H8BN3.